The lowest BCUT2D eigenvalue weighted by Crippen LogP contribution is -2.44. The molecule has 1 aromatic carbocycles. The van der Waals surface area contributed by atoms with Gasteiger partial charge in [0.05, 0.1) is 17.2 Å². The minimum atomic E-state index is -3.32. The van der Waals surface area contributed by atoms with E-state index in [2.05, 4.69) is 52.3 Å². The molecule has 0 amide bonds. The largest absolute Gasteiger partial charge is 0.357 e. The van der Waals surface area contributed by atoms with Gasteiger partial charge < -0.3 is 10.6 Å². The van der Waals surface area contributed by atoms with Gasteiger partial charge in [0.15, 0.2) is 15.8 Å². The van der Waals surface area contributed by atoms with Crippen molar-refractivity contribution in [2.24, 2.45) is 10.9 Å². The van der Waals surface area contributed by atoms with Crippen LogP contribution in [-0.2, 0) is 9.84 Å². The van der Waals surface area contributed by atoms with Crippen LogP contribution < -0.4 is 10.6 Å². The highest BCUT2D eigenvalue weighted by Crippen LogP contribution is 2.15. The van der Waals surface area contributed by atoms with Crippen molar-refractivity contribution >= 4 is 31.7 Å². The van der Waals surface area contributed by atoms with Gasteiger partial charge in [-0.1, -0.05) is 29.8 Å². The lowest BCUT2D eigenvalue weighted by atomic mass is 10.1. The molecule has 130 valence electrons. The van der Waals surface area contributed by atoms with Gasteiger partial charge in [0.2, 0.25) is 0 Å². The highest BCUT2D eigenvalue weighted by Gasteiger charge is 2.14. The molecule has 0 spiro atoms. The van der Waals surface area contributed by atoms with E-state index in [0.29, 0.717) is 16.8 Å². The molecule has 0 aliphatic rings. The van der Waals surface area contributed by atoms with E-state index in [9.17, 15) is 8.42 Å². The third kappa shape index (κ3) is 6.91. The lowest BCUT2D eigenvalue weighted by molar-refractivity contribution is 0.481. The molecule has 23 heavy (non-hydrogen) atoms. The molecule has 1 atom stereocenters. The van der Waals surface area contributed by atoms with Crippen molar-refractivity contribution in [2.75, 3.05) is 18.8 Å². The van der Waals surface area contributed by atoms with Crippen LogP contribution in [0.15, 0.2) is 38.6 Å². The zero-order valence-corrected chi connectivity index (χ0v) is 16.5. The van der Waals surface area contributed by atoms with Gasteiger partial charge in [-0.2, -0.15) is 0 Å². The first kappa shape index (κ1) is 20.0. The fourth-order valence-corrected chi connectivity index (χ4v) is 3.12. The van der Waals surface area contributed by atoms with Crippen LogP contribution in [0.5, 0.6) is 0 Å². The Hall–Kier alpha value is -1.08. The van der Waals surface area contributed by atoms with E-state index in [4.69, 9.17) is 0 Å². The Kier molecular flexibility index (Phi) is 8.05. The summed E-state index contributed by atoms with van der Waals surface area (Å²) in [5.41, 5.74) is 0. The minimum Gasteiger partial charge on any atom is -0.357 e. The Morgan fingerprint density at radius 3 is 2.35 bits per heavy atom. The molecule has 0 aliphatic carbocycles. The van der Waals surface area contributed by atoms with Gasteiger partial charge in [-0.15, -0.1) is 0 Å². The van der Waals surface area contributed by atoms with E-state index in [1.807, 2.05) is 6.92 Å². The zero-order chi connectivity index (χ0) is 17.5. The first-order valence-electron chi connectivity index (χ1n) is 7.79. The van der Waals surface area contributed by atoms with Gasteiger partial charge >= 0.3 is 0 Å². The number of benzene rings is 1. The standard InChI is InChI=1S/C16H26BrN3O2S/c1-5-18-16(20-13(4)12(2)3)19-10-11-23(21,22)15-8-6-14(17)7-9-15/h6-9,12-13H,5,10-11H2,1-4H3,(H2,18,19,20). The maximum absolute atomic E-state index is 12.3. The van der Waals surface area contributed by atoms with Crippen molar-refractivity contribution in [3.8, 4) is 0 Å². The molecule has 0 saturated carbocycles. The van der Waals surface area contributed by atoms with E-state index in [-0.39, 0.29) is 18.3 Å². The van der Waals surface area contributed by atoms with Crippen LogP contribution in [0.1, 0.15) is 27.7 Å². The van der Waals surface area contributed by atoms with E-state index >= 15 is 0 Å². The number of halogens is 1. The first-order chi connectivity index (χ1) is 10.8. The van der Waals surface area contributed by atoms with Gasteiger partial charge in [0.25, 0.3) is 0 Å². The summed E-state index contributed by atoms with van der Waals surface area (Å²) in [6, 6.07) is 6.93. The average Bonchev–Trinajstić information content (AvgIpc) is 2.47. The van der Waals surface area contributed by atoms with Crippen LogP contribution in [0, 0.1) is 5.92 Å². The Morgan fingerprint density at radius 2 is 1.83 bits per heavy atom. The molecule has 1 rings (SSSR count). The van der Waals surface area contributed by atoms with Crippen molar-refractivity contribution in [3.63, 3.8) is 0 Å². The van der Waals surface area contributed by atoms with Crippen LogP contribution in [0.2, 0.25) is 0 Å². The molecule has 2 N–H and O–H groups in total. The summed E-state index contributed by atoms with van der Waals surface area (Å²) in [5.74, 6) is 1.10. The van der Waals surface area contributed by atoms with Gasteiger partial charge in [-0.3, -0.25) is 4.99 Å². The van der Waals surface area contributed by atoms with Crippen molar-refractivity contribution in [3.05, 3.63) is 28.7 Å². The van der Waals surface area contributed by atoms with Crippen LogP contribution in [-0.4, -0.2) is 39.3 Å². The highest BCUT2D eigenvalue weighted by atomic mass is 79.9. The number of hydrogen-bond donors (Lipinski definition) is 2. The van der Waals surface area contributed by atoms with Crippen LogP contribution in [0.3, 0.4) is 0 Å². The minimum absolute atomic E-state index is 0.0126. The summed E-state index contributed by atoms with van der Waals surface area (Å²) >= 11 is 3.30. The van der Waals surface area contributed by atoms with Gasteiger partial charge in [0.1, 0.15) is 0 Å². The zero-order valence-electron chi connectivity index (χ0n) is 14.1. The Balaban J connectivity index is 2.71. The van der Waals surface area contributed by atoms with Crippen LogP contribution in [0.25, 0.3) is 0 Å². The number of guanidine groups is 1. The molecule has 0 aliphatic heterocycles. The molecule has 7 heteroatoms. The quantitative estimate of drug-likeness (QED) is 0.542. The number of hydrogen-bond acceptors (Lipinski definition) is 3. The molecule has 0 saturated heterocycles. The second kappa shape index (κ2) is 9.27. The summed E-state index contributed by atoms with van der Waals surface area (Å²) in [4.78, 5) is 4.69. The van der Waals surface area contributed by atoms with Crippen LogP contribution in [0.4, 0.5) is 0 Å². The number of nitrogens with one attached hydrogen (secondary N) is 2. The van der Waals surface area contributed by atoms with E-state index in [1.165, 1.54) is 0 Å². The summed E-state index contributed by atoms with van der Waals surface area (Å²) in [6.45, 7) is 9.26. The molecule has 5 nitrogen and oxygen atoms in total. The van der Waals surface area contributed by atoms with Gasteiger partial charge in [-0.25, -0.2) is 8.42 Å². The summed E-state index contributed by atoms with van der Waals surface area (Å²) < 4.78 is 25.4. The predicted octanol–water partition coefficient (Wildman–Crippen LogP) is 2.82. The lowest BCUT2D eigenvalue weighted by Gasteiger charge is -2.20. The van der Waals surface area contributed by atoms with Crippen molar-refractivity contribution < 1.29 is 8.42 Å². The number of rotatable bonds is 7. The van der Waals surface area contributed by atoms with Gasteiger partial charge in [-0.05, 0) is 44.0 Å². The average molecular weight is 404 g/mol. The van der Waals surface area contributed by atoms with E-state index in [1.54, 1.807) is 24.3 Å². The monoisotopic (exact) mass is 403 g/mol. The molecule has 0 radical (unpaired) electrons. The molecule has 1 aromatic rings. The van der Waals surface area contributed by atoms with Crippen molar-refractivity contribution in [1.82, 2.24) is 10.6 Å². The fourth-order valence-electron chi connectivity index (χ4n) is 1.74. The Bertz CT molecular complexity index is 613. The molecule has 1 unspecified atom stereocenters. The van der Waals surface area contributed by atoms with Gasteiger partial charge in [0, 0.05) is 17.1 Å². The van der Waals surface area contributed by atoms with Crippen molar-refractivity contribution in [2.45, 2.75) is 38.6 Å². The molecular weight excluding hydrogens is 378 g/mol. The number of aliphatic imine (C=N–C) groups is 1. The molecule has 0 fully saturated rings. The predicted molar refractivity (Wildman–Crippen MR) is 99.6 cm³/mol. The smallest absolute Gasteiger partial charge is 0.191 e. The SMILES string of the molecule is CCNC(=NCCS(=O)(=O)c1ccc(Br)cc1)NC(C)C(C)C. The fraction of sp³-hybridized carbons (Fsp3) is 0.562. The number of sulfone groups is 1. The third-order valence-corrected chi connectivity index (χ3v) is 5.75. The Labute approximate surface area is 148 Å². The maximum Gasteiger partial charge on any atom is 0.191 e. The molecular formula is C16H26BrN3O2S. The van der Waals surface area contributed by atoms with E-state index < -0.39 is 9.84 Å². The van der Waals surface area contributed by atoms with Crippen molar-refractivity contribution in [1.29, 1.82) is 0 Å². The third-order valence-electron chi connectivity index (χ3n) is 3.51. The highest BCUT2D eigenvalue weighted by molar-refractivity contribution is 9.10. The normalized spacial score (nSPS) is 13.9. The second-order valence-corrected chi connectivity index (χ2v) is 8.74. The molecule has 0 aromatic heterocycles. The number of nitrogens with zero attached hydrogens (tertiary/aromatic N) is 1. The molecule has 0 heterocycles. The Morgan fingerprint density at radius 1 is 1.22 bits per heavy atom. The first-order valence-corrected chi connectivity index (χ1v) is 10.2. The second-order valence-electron chi connectivity index (χ2n) is 5.71. The molecule has 0 bridgehead atoms. The maximum atomic E-state index is 12.3. The topological polar surface area (TPSA) is 70.6 Å². The summed E-state index contributed by atoms with van der Waals surface area (Å²) in [6.07, 6.45) is 0. The summed E-state index contributed by atoms with van der Waals surface area (Å²) in [7, 11) is -3.32. The van der Waals surface area contributed by atoms with Crippen LogP contribution >= 0.6 is 15.9 Å². The summed E-state index contributed by atoms with van der Waals surface area (Å²) in [5, 5.41) is 6.43. The van der Waals surface area contributed by atoms with E-state index in [0.717, 1.165) is 11.0 Å².